The lowest BCUT2D eigenvalue weighted by molar-refractivity contribution is -0.135. The summed E-state index contributed by atoms with van der Waals surface area (Å²) >= 11 is 6.09. The van der Waals surface area contributed by atoms with Crippen molar-refractivity contribution in [3.8, 4) is 5.75 Å². The standard InChI is InChI=1S/C20H25ClN2O2/c1-15(20(24)23(3)13-16-8-6-5-7-9-16)22(2)14-17-12-18(21)10-11-19(17)25-4/h5-12,15H,13-14H2,1-4H3. The summed E-state index contributed by atoms with van der Waals surface area (Å²) in [6.45, 7) is 3.09. The van der Waals surface area contributed by atoms with Gasteiger partial charge in [0.25, 0.3) is 0 Å². The zero-order chi connectivity index (χ0) is 18.4. The molecule has 0 bridgehead atoms. The molecule has 0 saturated heterocycles. The quantitative estimate of drug-likeness (QED) is 0.752. The van der Waals surface area contributed by atoms with Crippen LogP contribution in [0.1, 0.15) is 18.1 Å². The topological polar surface area (TPSA) is 32.8 Å². The van der Waals surface area contributed by atoms with Crippen LogP contribution >= 0.6 is 11.6 Å². The molecule has 1 unspecified atom stereocenters. The van der Waals surface area contributed by atoms with Gasteiger partial charge in [-0.1, -0.05) is 41.9 Å². The van der Waals surface area contributed by atoms with E-state index in [4.69, 9.17) is 16.3 Å². The first-order valence-corrected chi connectivity index (χ1v) is 8.61. The third-order valence-corrected chi connectivity index (χ3v) is 4.55. The van der Waals surface area contributed by atoms with Gasteiger partial charge in [0, 0.05) is 30.7 Å². The van der Waals surface area contributed by atoms with Crippen molar-refractivity contribution in [3.63, 3.8) is 0 Å². The van der Waals surface area contributed by atoms with Crippen molar-refractivity contribution in [1.29, 1.82) is 0 Å². The summed E-state index contributed by atoms with van der Waals surface area (Å²) in [7, 11) is 5.40. The third-order valence-electron chi connectivity index (χ3n) is 4.32. The molecule has 0 aliphatic heterocycles. The first kappa shape index (κ1) is 19.3. The Morgan fingerprint density at radius 1 is 1.12 bits per heavy atom. The molecule has 5 heteroatoms. The molecule has 2 aromatic carbocycles. The van der Waals surface area contributed by atoms with E-state index in [-0.39, 0.29) is 11.9 Å². The van der Waals surface area contributed by atoms with Crippen molar-refractivity contribution in [3.05, 3.63) is 64.7 Å². The molecule has 0 saturated carbocycles. The summed E-state index contributed by atoms with van der Waals surface area (Å²) in [4.78, 5) is 16.5. The monoisotopic (exact) mass is 360 g/mol. The van der Waals surface area contributed by atoms with Crippen LogP contribution in [0.3, 0.4) is 0 Å². The SMILES string of the molecule is COc1ccc(Cl)cc1CN(C)C(C)C(=O)N(C)Cc1ccccc1. The van der Waals surface area contributed by atoms with Crippen molar-refractivity contribution < 1.29 is 9.53 Å². The van der Waals surface area contributed by atoms with Crippen LogP contribution in [0.5, 0.6) is 5.75 Å². The van der Waals surface area contributed by atoms with E-state index in [1.165, 1.54) is 0 Å². The number of methoxy groups -OCH3 is 1. The maximum absolute atomic E-state index is 12.7. The van der Waals surface area contributed by atoms with E-state index in [1.807, 2.05) is 68.4 Å². The molecule has 0 spiro atoms. The minimum absolute atomic E-state index is 0.0762. The number of halogens is 1. The lowest BCUT2D eigenvalue weighted by Crippen LogP contribution is -2.43. The van der Waals surface area contributed by atoms with Gasteiger partial charge in [0.1, 0.15) is 5.75 Å². The minimum Gasteiger partial charge on any atom is -0.496 e. The second kappa shape index (κ2) is 8.88. The highest BCUT2D eigenvalue weighted by Crippen LogP contribution is 2.24. The Morgan fingerprint density at radius 2 is 1.80 bits per heavy atom. The van der Waals surface area contributed by atoms with Crippen molar-refractivity contribution in [2.24, 2.45) is 0 Å². The van der Waals surface area contributed by atoms with Crippen molar-refractivity contribution in [1.82, 2.24) is 9.80 Å². The predicted molar refractivity (Wildman–Crippen MR) is 102 cm³/mol. The molecule has 0 radical (unpaired) electrons. The normalized spacial score (nSPS) is 12.1. The van der Waals surface area contributed by atoms with E-state index in [0.29, 0.717) is 18.1 Å². The van der Waals surface area contributed by atoms with Crippen LogP contribution < -0.4 is 4.74 Å². The van der Waals surface area contributed by atoms with E-state index in [2.05, 4.69) is 0 Å². The molecule has 25 heavy (non-hydrogen) atoms. The maximum Gasteiger partial charge on any atom is 0.239 e. The number of carbonyl (C=O) groups is 1. The van der Waals surface area contributed by atoms with E-state index in [1.54, 1.807) is 18.1 Å². The number of ether oxygens (including phenoxy) is 1. The second-order valence-electron chi connectivity index (χ2n) is 6.23. The van der Waals surface area contributed by atoms with Crippen LogP contribution in [0.2, 0.25) is 5.02 Å². The van der Waals surface area contributed by atoms with Crippen molar-refractivity contribution in [2.45, 2.75) is 26.1 Å². The lowest BCUT2D eigenvalue weighted by Gasteiger charge is -2.28. The summed E-state index contributed by atoms with van der Waals surface area (Å²) in [6.07, 6.45) is 0. The first-order chi connectivity index (χ1) is 11.9. The van der Waals surface area contributed by atoms with E-state index in [0.717, 1.165) is 16.9 Å². The highest BCUT2D eigenvalue weighted by atomic mass is 35.5. The number of nitrogens with zero attached hydrogens (tertiary/aromatic N) is 2. The summed E-state index contributed by atoms with van der Waals surface area (Å²) < 4.78 is 5.39. The average Bonchev–Trinajstić information content (AvgIpc) is 2.61. The van der Waals surface area contributed by atoms with Gasteiger partial charge in [-0.3, -0.25) is 9.69 Å². The van der Waals surface area contributed by atoms with E-state index in [9.17, 15) is 4.79 Å². The van der Waals surface area contributed by atoms with Gasteiger partial charge in [-0.2, -0.15) is 0 Å². The maximum atomic E-state index is 12.7. The van der Waals surface area contributed by atoms with Gasteiger partial charge in [0.15, 0.2) is 0 Å². The molecular formula is C20H25ClN2O2. The minimum atomic E-state index is -0.252. The number of hydrogen-bond donors (Lipinski definition) is 0. The fourth-order valence-corrected chi connectivity index (χ4v) is 2.91. The molecule has 1 amide bonds. The average molecular weight is 361 g/mol. The fraction of sp³-hybridized carbons (Fsp3) is 0.350. The van der Waals surface area contributed by atoms with Gasteiger partial charge in [0.05, 0.1) is 13.2 Å². The van der Waals surface area contributed by atoms with Gasteiger partial charge in [-0.15, -0.1) is 0 Å². The molecule has 2 aromatic rings. The molecule has 2 rings (SSSR count). The molecule has 1 atom stereocenters. The zero-order valence-corrected chi connectivity index (χ0v) is 16.0. The van der Waals surface area contributed by atoms with Gasteiger partial charge < -0.3 is 9.64 Å². The summed E-state index contributed by atoms with van der Waals surface area (Å²) in [5.41, 5.74) is 2.08. The molecule has 4 nitrogen and oxygen atoms in total. The highest BCUT2D eigenvalue weighted by molar-refractivity contribution is 6.30. The molecular weight excluding hydrogens is 336 g/mol. The van der Waals surface area contributed by atoms with Crippen LogP contribution in [0.4, 0.5) is 0 Å². The first-order valence-electron chi connectivity index (χ1n) is 8.24. The fourth-order valence-electron chi connectivity index (χ4n) is 2.72. The lowest BCUT2D eigenvalue weighted by atomic mass is 10.1. The van der Waals surface area contributed by atoms with Gasteiger partial charge in [0.2, 0.25) is 5.91 Å². The molecule has 0 aliphatic carbocycles. The van der Waals surface area contributed by atoms with Gasteiger partial charge in [-0.25, -0.2) is 0 Å². The van der Waals surface area contributed by atoms with E-state index >= 15 is 0 Å². The summed E-state index contributed by atoms with van der Waals surface area (Å²) in [6, 6.07) is 15.2. The Bertz CT molecular complexity index is 706. The Balaban J connectivity index is 2.02. The van der Waals surface area contributed by atoms with Crippen molar-refractivity contribution >= 4 is 17.5 Å². The number of benzene rings is 2. The van der Waals surface area contributed by atoms with Crippen LogP contribution in [0.25, 0.3) is 0 Å². The number of hydrogen-bond acceptors (Lipinski definition) is 3. The largest absolute Gasteiger partial charge is 0.496 e. The molecule has 0 aromatic heterocycles. The number of amides is 1. The molecule has 0 fully saturated rings. The van der Waals surface area contributed by atoms with Gasteiger partial charge in [-0.05, 0) is 37.7 Å². The predicted octanol–water partition coefficient (Wildman–Crippen LogP) is 3.83. The Hall–Kier alpha value is -2.04. The molecule has 134 valence electrons. The van der Waals surface area contributed by atoms with Crippen LogP contribution in [0.15, 0.2) is 48.5 Å². The van der Waals surface area contributed by atoms with E-state index < -0.39 is 0 Å². The highest BCUT2D eigenvalue weighted by Gasteiger charge is 2.22. The third kappa shape index (κ3) is 5.21. The summed E-state index contributed by atoms with van der Waals surface area (Å²) in [5, 5.41) is 0.657. The summed E-state index contributed by atoms with van der Waals surface area (Å²) in [5.74, 6) is 0.848. The molecule has 0 aliphatic rings. The zero-order valence-electron chi connectivity index (χ0n) is 15.2. The smallest absolute Gasteiger partial charge is 0.239 e. The molecule has 0 heterocycles. The van der Waals surface area contributed by atoms with Gasteiger partial charge >= 0.3 is 0 Å². The van der Waals surface area contributed by atoms with Crippen LogP contribution in [-0.2, 0) is 17.9 Å². The van der Waals surface area contributed by atoms with Crippen molar-refractivity contribution in [2.75, 3.05) is 21.2 Å². The Morgan fingerprint density at radius 3 is 2.44 bits per heavy atom. The van der Waals surface area contributed by atoms with Crippen LogP contribution in [0, 0.1) is 0 Å². The van der Waals surface area contributed by atoms with Crippen LogP contribution in [-0.4, -0.2) is 43.0 Å². The number of carbonyl (C=O) groups excluding carboxylic acids is 1. The Labute approximate surface area is 155 Å². The second-order valence-corrected chi connectivity index (χ2v) is 6.66. The number of rotatable bonds is 7. The molecule has 0 N–H and O–H groups in total. The Kier molecular flexibility index (Phi) is 6.85. The number of likely N-dealkylation sites (N-methyl/N-ethyl adjacent to an activating group) is 2.